The number of rotatable bonds is 7. The summed E-state index contributed by atoms with van der Waals surface area (Å²) in [4.78, 5) is 12.3. The number of hydrogen-bond donors (Lipinski definition) is 0. The van der Waals surface area contributed by atoms with Gasteiger partial charge in [-0.15, -0.1) is 0 Å². The van der Waals surface area contributed by atoms with Crippen molar-refractivity contribution in [2.45, 2.75) is 53.5 Å². The third-order valence-corrected chi connectivity index (χ3v) is 6.86. The highest BCUT2D eigenvalue weighted by Gasteiger charge is 2.25. The summed E-state index contributed by atoms with van der Waals surface area (Å²) in [6.07, 6.45) is 5.96. The SMILES string of the molecule is CCN(CCC1CC1)Cc1c(C)nc2n(-c3c(C)cc(C)cc3Cl)c3ncccc3n12. The van der Waals surface area contributed by atoms with Gasteiger partial charge in [0.05, 0.1) is 27.6 Å². The molecule has 3 heterocycles. The molecule has 0 N–H and O–H groups in total. The molecule has 0 atom stereocenters. The van der Waals surface area contributed by atoms with Crippen molar-refractivity contribution in [1.29, 1.82) is 0 Å². The predicted octanol–water partition coefficient (Wildman–Crippen LogP) is 5.87. The smallest absolute Gasteiger partial charge is 0.221 e. The van der Waals surface area contributed by atoms with Crippen molar-refractivity contribution in [2.24, 2.45) is 5.92 Å². The number of pyridine rings is 1. The van der Waals surface area contributed by atoms with Crippen LogP contribution in [0.5, 0.6) is 0 Å². The Hall–Kier alpha value is -2.37. The topological polar surface area (TPSA) is 38.4 Å². The molecule has 1 fully saturated rings. The molecule has 5 nitrogen and oxygen atoms in total. The van der Waals surface area contributed by atoms with Gasteiger partial charge >= 0.3 is 0 Å². The molecule has 0 aliphatic heterocycles. The second kappa shape index (κ2) is 7.95. The first-order valence-electron chi connectivity index (χ1n) is 11.3. The van der Waals surface area contributed by atoms with Crippen LogP contribution in [-0.2, 0) is 6.54 Å². The standard InChI is InChI=1S/C25H30ClN5/c1-5-29(12-10-19-8-9-19)15-22-18(4)28-25-30(22)21-7-6-11-27-24(21)31(25)23-17(3)13-16(2)14-20(23)26/h6-7,11,13-14,19H,5,8-10,12,15H2,1-4H3. The normalized spacial score (nSPS) is 14.4. The number of imidazole rings is 2. The van der Waals surface area contributed by atoms with E-state index in [2.05, 4.69) is 53.7 Å². The average Bonchev–Trinajstić information content (AvgIpc) is 3.44. The molecule has 31 heavy (non-hydrogen) atoms. The number of benzene rings is 1. The van der Waals surface area contributed by atoms with E-state index >= 15 is 0 Å². The zero-order valence-corrected chi connectivity index (χ0v) is 19.6. The van der Waals surface area contributed by atoms with Crippen molar-refractivity contribution < 1.29 is 0 Å². The van der Waals surface area contributed by atoms with Crippen molar-refractivity contribution in [1.82, 2.24) is 23.8 Å². The molecule has 1 saturated carbocycles. The first-order valence-corrected chi connectivity index (χ1v) is 11.7. The van der Waals surface area contributed by atoms with Gasteiger partial charge in [-0.05, 0) is 75.5 Å². The highest BCUT2D eigenvalue weighted by atomic mass is 35.5. The minimum absolute atomic E-state index is 0.726. The zero-order valence-electron chi connectivity index (χ0n) is 18.8. The van der Waals surface area contributed by atoms with E-state index < -0.39 is 0 Å². The van der Waals surface area contributed by atoms with Crippen LogP contribution in [0.4, 0.5) is 0 Å². The van der Waals surface area contributed by atoms with Crippen LogP contribution in [0, 0.1) is 26.7 Å². The van der Waals surface area contributed by atoms with Gasteiger partial charge in [-0.25, -0.2) is 9.97 Å². The molecule has 162 valence electrons. The van der Waals surface area contributed by atoms with Crippen molar-refractivity contribution in [3.8, 4) is 5.69 Å². The molecule has 0 amide bonds. The quantitative estimate of drug-likeness (QED) is 0.364. The lowest BCUT2D eigenvalue weighted by Gasteiger charge is -2.20. The lowest BCUT2D eigenvalue weighted by atomic mass is 10.1. The number of fused-ring (bicyclic) bond motifs is 3. The lowest BCUT2D eigenvalue weighted by molar-refractivity contribution is 0.267. The van der Waals surface area contributed by atoms with E-state index in [0.717, 1.165) is 70.0 Å². The molecule has 5 rings (SSSR count). The van der Waals surface area contributed by atoms with Crippen LogP contribution in [0.2, 0.25) is 5.02 Å². The van der Waals surface area contributed by atoms with E-state index in [1.54, 1.807) is 0 Å². The van der Waals surface area contributed by atoms with Gasteiger partial charge in [0.2, 0.25) is 5.78 Å². The van der Waals surface area contributed by atoms with Crippen LogP contribution in [-0.4, -0.2) is 36.9 Å². The Morgan fingerprint density at radius 1 is 1.19 bits per heavy atom. The third kappa shape index (κ3) is 3.64. The van der Waals surface area contributed by atoms with Gasteiger partial charge in [-0.3, -0.25) is 13.9 Å². The van der Waals surface area contributed by atoms with Crippen LogP contribution >= 0.6 is 11.6 Å². The van der Waals surface area contributed by atoms with Crippen molar-refractivity contribution in [2.75, 3.05) is 13.1 Å². The van der Waals surface area contributed by atoms with E-state index in [1.165, 1.54) is 25.0 Å². The Kier molecular flexibility index (Phi) is 5.27. The summed E-state index contributed by atoms with van der Waals surface area (Å²) in [5.74, 6) is 1.83. The van der Waals surface area contributed by atoms with E-state index in [9.17, 15) is 0 Å². The Labute approximate surface area is 188 Å². The van der Waals surface area contributed by atoms with Crippen molar-refractivity contribution >= 4 is 28.5 Å². The van der Waals surface area contributed by atoms with Gasteiger partial charge in [0.25, 0.3) is 0 Å². The summed E-state index contributed by atoms with van der Waals surface area (Å²) >= 11 is 6.76. The lowest BCUT2D eigenvalue weighted by Crippen LogP contribution is -2.25. The number of aryl methyl sites for hydroxylation is 3. The Balaban J connectivity index is 1.69. The minimum atomic E-state index is 0.726. The first-order chi connectivity index (χ1) is 15.0. The molecular weight excluding hydrogens is 406 g/mol. The van der Waals surface area contributed by atoms with Crippen molar-refractivity contribution in [3.63, 3.8) is 0 Å². The molecule has 6 heteroatoms. The molecule has 0 saturated heterocycles. The van der Waals surface area contributed by atoms with Gasteiger partial charge in [-0.2, -0.15) is 0 Å². The number of hydrogen-bond acceptors (Lipinski definition) is 3. The van der Waals surface area contributed by atoms with Crippen LogP contribution in [0.1, 0.15) is 48.7 Å². The summed E-state index contributed by atoms with van der Waals surface area (Å²) in [5, 5.41) is 0.726. The van der Waals surface area contributed by atoms with Gasteiger partial charge in [0.15, 0.2) is 5.65 Å². The fraction of sp³-hybridized carbons (Fsp3) is 0.440. The molecular formula is C25H30ClN5. The van der Waals surface area contributed by atoms with Gasteiger partial charge in [-0.1, -0.05) is 37.4 Å². The van der Waals surface area contributed by atoms with Gasteiger partial charge in [0.1, 0.15) is 0 Å². The maximum Gasteiger partial charge on any atom is 0.221 e. The highest BCUT2D eigenvalue weighted by molar-refractivity contribution is 6.32. The second-order valence-electron chi connectivity index (χ2n) is 8.97. The first kappa shape index (κ1) is 20.5. The molecule has 0 bridgehead atoms. The predicted molar refractivity (Wildman–Crippen MR) is 127 cm³/mol. The van der Waals surface area contributed by atoms with E-state index in [4.69, 9.17) is 21.6 Å². The molecule has 0 radical (unpaired) electrons. The number of nitrogens with zero attached hydrogens (tertiary/aromatic N) is 5. The fourth-order valence-electron chi connectivity index (χ4n) is 4.69. The summed E-state index contributed by atoms with van der Waals surface area (Å²) in [5.41, 5.74) is 7.51. The Morgan fingerprint density at radius 2 is 2.00 bits per heavy atom. The van der Waals surface area contributed by atoms with Crippen molar-refractivity contribution in [3.05, 3.63) is 58.0 Å². The Morgan fingerprint density at radius 3 is 2.71 bits per heavy atom. The summed E-state index contributed by atoms with van der Waals surface area (Å²) in [7, 11) is 0. The van der Waals surface area contributed by atoms with E-state index in [-0.39, 0.29) is 0 Å². The van der Waals surface area contributed by atoms with Crippen LogP contribution < -0.4 is 0 Å². The zero-order chi connectivity index (χ0) is 21.7. The largest absolute Gasteiger partial charge is 0.298 e. The fourth-order valence-corrected chi connectivity index (χ4v) is 5.10. The van der Waals surface area contributed by atoms with Gasteiger partial charge in [0, 0.05) is 12.7 Å². The average molecular weight is 436 g/mol. The third-order valence-electron chi connectivity index (χ3n) is 6.57. The molecule has 1 aromatic carbocycles. The molecule has 3 aromatic heterocycles. The minimum Gasteiger partial charge on any atom is -0.298 e. The maximum absolute atomic E-state index is 6.76. The molecule has 4 aromatic rings. The molecule has 1 aliphatic carbocycles. The summed E-state index contributed by atoms with van der Waals surface area (Å²) in [6.45, 7) is 11.6. The molecule has 0 unspecified atom stereocenters. The van der Waals surface area contributed by atoms with E-state index in [0.29, 0.717) is 0 Å². The summed E-state index contributed by atoms with van der Waals surface area (Å²) < 4.78 is 4.41. The molecule has 1 aliphatic rings. The number of aromatic nitrogens is 4. The second-order valence-corrected chi connectivity index (χ2v) is 9.38. The van der Waals surface area contributed by atoms with Crippen LogP contribution in [0.3, 0.4) is 0 Å². The van der Waals surface area contributed by atoms with Crippen LogP contribution in [0.25, 0.3) is 22.6 Å². The monoisotopic (exact) mass is 435 g/mol. The maximum atomic E-state index is 6.76. The molecule has 0 spiro atoms. The van der Waals surface area contributed by atoms with Crippen LogP contribution in [0.15, 0.2) is 30.5 Å². The van der Waals surface area contributed by atoms with Gasteiger partial charge < -0.3 is 0 Å². The van der Waals surface area contributed by atoms with E-state index in [1.807, 2.05) is 18.3 Å². The highest BCUT2D eigenvalue weighted by Crippen LogP contribution is 2.34. The Bertz CT molecular complexity index is 1240. The summed E-state index contributed by atoms with van der Waals surface area (Å²) in [6, 6.07) is 8.32. The number of halogens is 1.